The van der Waals surface area contributed by atoms with Crippen molar-refractivity contribution in [1.82, 2.24) is 10.9 Å². The number of hydrogen-bond donors (Lipinski definition) is 4. The standard InChI is InChI=1S/C30H22N4O2/c31-33-29(35)25-15-11-21(12-16-25)7-9-23-3-1-5-27(19-23)28-6-2-4-24(20-28)10-8-22-13-17-26(18-14-22)30(36)34-32/h1-6,11-20H,31-32H2,(H,33,35)(H,34,36). The second-order valence-electron chi connectivity index (χ2n) is 7.76. The molecule has 0 spiro atoms. The molecule has 0 heterocycles. The number of carbonyl (C=O) groups is 2. The van der Waals surface area contributed by atoms with Gasteiger partial charge < -0.3 is 0 Å². The maximum Gasteiger partial charge on any atom is 0.265 e. The van der Waals surface area contributed by atoms with Gasteiger partial charge in [-0.05, 0) is 83.9 Å². The topological polar surface area (TPSA) is 110 Å². The van der Waals surface area contributed by atoms with Crippen LogP contribution in [0.15, 0.2) is 97.1 Å². The number of nitrogen functional groups attached to an aromatic ring is 2. The van der Waals surface area contributed by atoms with E-state index in [1.54, 1.807) is 48.5 Å². The van der Waals surface area contributed by atoms with Crippen molar-refractivity contribution in [2.45, 2.75) is 0 Å². The average molecular weight is 471 g/mol. The van der Waals surface area contributed by atoms with Crippen LogP contribution in [-0.2, 0) is 0 Å². The second-order valence-corrected chi connectivity index (χ2v) is 7.76. The molecule has 6 N–H and O–H groups in total. The number of rotatable bonds is 3. The van der Waals surface area contributed by atoms with E-state index < -0.39 is 0 Å². The fraction of sp³-hybridized carbons (Fsp3) is 0. The SMILES string of the molecule is NNC(=O)c1ccc(C#Cc2cccc(-c3cccc(C#Cc4ccc(C(=O)NN)cc4)c3)c2)cc1. The summed E-state index contributed by atoms with van der Waals surface area (Å²) in [7, 11) is 0. The summed E-state index contributed by atoms with van der Waals surface area (Å²) < 4.78 is 0. The predicted octanol–water partition coefficient (Wildman–Crippen LogP) is 3.36. The Morgan fingerprint density at radius 1 is 0.500 bits per heavy atom. The fourth-order valence-electron chi connectivity index (χ4n) is 3.42. The minimum atomic E-state index is -0.344. The molecule has 0 unspecified atom stereocenters. The van der Waals surface area contributed by atoms with E-state index in [-0.39, 0.29) is 11.8 Å². The molecule has 0 fully saturated rings. The summed E-state index contributed by atoms with van der Waals surface area (Å²) in [4.78, 5) is 23.1. The van der Waals surface area contributed by atoms with Gasteiger partial charge in [0.15, 0.2) is 0 Å². The molecule has 4 aromatic carbocycles. The van der Waals surface area contributed by atoms with Crippen LogP contribution in [0.2, 0.25) is 0 Å². The molecule has 0 aliphatic rings. The zero-order valence-electron chi connectivity index (χ0n) is 19.2. The van der Waals surface area contributed by atoms with Crippen LogP contribution in [0.25, 0.3) is 11.1 Å². The molecule has 0 saturated carbocycles. The van der Waals surface area contributed by atoms with E-state index in [0.29, 0.717) is 11.1 Å². The number of amides is 2. The van der Waals surface area contributed by atoms with Gasteiger partial charge in [-0.1, -0.05) is 47.9 Å². The van der Waals surface area contributed by atoms with Crippen molar-refractivity contribution < 1.29 is 9.59 Å². The van der Waals surface area contributed by atoms with Gasteiger partial charge in [-0.2, -0.15) is 0 Å². The van der Waals surface area contributed by atoms with Crippen molar-refractivity contribution in [2.75, 3.05) is 0 Å². The molecule has 6 nitrogen and oxygen atoms in total. The summed E-state index contributed by atoms with van der Waals surface area (Å²) in [5.41, 5.74) is 10.5. The molecule has 174 valence electrons. The molecule has 36 heavy (non-hydrogen) atoms. The molecule has 4 aromatic rings. The van der Waals surface area contributed by atoms with E-state index >= 15 is 0 Å². The van der Waals surface area contributed by atoms with Crippen molar-refractivity contribution in [3.63, 3.8) is 0 Å². The van der Waals surface area contributed by atoms with Gasteiger partial charge in [0, 0.05) is 33.4 Å². The minimum Gasteiger partial charge on any atom is -0.290 e. The Bertz CT molecular complexity index is 1420. The van der Waals surface area contributed by atoms with E-state index in [4.69, 9.17) is 11.7 Å². The molecule has 0 saturated heterocycles. The number of nitrogens with one attached hydrogen (secondary N) is 2. The molecule has 0 atom stereocenters. The summed E-state index contributed by atoms with van der Waals surface area (Å²) in [6, 6.07) is 29.8. The van der Waals surface area contributed by atoms with Crippen molar-refractivity contribution in [1.29, 1.82) is 0 Å². The molecule has 0 bridgehead atoms. The first-order valence-electron chi connectivity index (χ1n) is 11.0. The number of hydrogen-bond acceptors (Lipinski definition) is 4. The van der Waals surface area contributed by atoms with Crippen LogP contribution in [0.4, 0.5) is 0 Å². The minimum absolute atomic E-state index is 0.344. The Hall–Kier alpha value is -5.14. The molecular weight excluding hydrogens is 448 g/mol. The highest BCUT2D eigenvalue weighted by atomic mass is 16.2. The molecule has 2 amide bonds. The van der Waals surface area contributed by atoms with Gasteiger partial charge in [-0.3, -0.25) is 20.4 Å². The summed E-state index contributed by atoms with van der Waals surface area (Å²) in [6.07, 6.45) is 0. The zero-order chi connectivity index (χ0) is 25.3. The normalized spacial score (nSPS) is 9.72. The molecule has 4 rings (SSSR count). The molecule has 0 aromatic heterocycles. The average Bonchev–Trinajstić information content (AvgIpc) is 2.95. The van der Waals surface area contributed by atoms with Gasteiger partial charge in [0.05, 0.1) is 0 Å². The molecule has 0 aliphatic carbocycles. The van der Waals surface area contributed by atoms with Crippen molar-refractivity contribution in [3.05, 3.63) is 130 Å². The number of nitrogens with two attached hydrogens (primary N) is 2. The first kappa shape index (κ1) is 24.0. The van der Waals surface area contributed by atoms with Crippen LogP contribution in [0.5, 0.6) is 0 Å². The first-order valence-corrected chi connectivity index (χ1v) is 11.0. The molecule has 0 radical (unpaired) electrons. The van der Waals surface area contributed by atoms with Crippen LogP contribution in [0.3, 0.4) is 0 Å². The molecule has 6 heteroatoms. The highest BCUT2D eigenvalue weighted by molar-refractivity contribution is 5.94. The van der Waals surface area contributed by atoms with Crippen molar-refractivity contribution in [2.24, 2.45) is 11.7 Å². The third-order valence-corrected chi connectivity index (χ3v) is 5.32. The van der Waals surface area contributed by atoms with Gasteiger partial charge in [0.25, 0.3) is 11.8 Å². The van der Waals surface area contributed by atoms with Crippen LogP contribution in [0.1, 0.15) is 43.0 Å². The lowest BCUT2D eigenvalue weighted by atomic mass is 10.0. The lowest BCUT2D eigenvalue weighted by molar-refractivity contribution is 0.0945. The van der Waals surface area contributed by atoms with Crippen LogP contribution >= 0.6 is 0 Å². The Balaban J connectivity index is 1.51. The summed E-state index contributed by atoms with van der Waals surface area (Å²) in [5, 5.41) is 0. The van der Waals surface area contributed by atoms with E-state index in [9.17, 15) is 9.59 Å². The first-order chi connectivity index (χ1) is 17.6. The van der Waals surface area contributed by atoms with Crippen LogP contribution in [0, 0.1) is 23.7 Å². The van der Waals surface area contributed by atoms with Crippen molar-refractivity contribution in [3.8, 4) is 34.8 Å². The monoisotopic (exact) mass is 470 g/mol. The smallest absolute Gasteiger partial charge is 0.265 e. The Kier molecular flexibility index (Phi) is 7.55. The molecular formula is C30H22N4O2. The second kappa shape index (κ2) is 11.3. The summed E-state index contributed by atoms with van der Waals surface area (Å²) in [6.45, 7) is 0. The lowest BCUT2D eigenvalue weighted by Gasteiger charge is -2.03. The van der Waals surface area contributed by atoms with E-state index in [2.05, 4.69) is 34.5 Å². The predicted molar refractivity (Wildman–Crippen MR) is 140 cm³/mol. The summed E-state index contributed by atoms with van der Waals surface area (Å²) in [5.74, 6) is 22.2. The highest BCUT2D eigenvalue weighted by Gasteiger charge is 2.03. The lowest BCUT2D eigenvalue weighted by Crippen LogP contribution is -2.29. The number of benzene rings is 4. The van der Waals surface area contributed by atoms with Gasteiger partial charge in [-0.25, -0.2) is 11.7 Å². The number of hydrazine groups is 2. The van der Waals surface area contributed by atoms with Gasteiger partial charge in [0.1, 0.15) is 0 Å². The van der Waals surface area contributed by atoms with E-state index in [0.717, 1.165) is 33.4 Å². The van der Waals surface area contributed by atoms with Crippen LogP contribution in [-0.4, -0.2) is 11.8 Å². The molecule has 0 aliphatic heterocycles. The van der Waals surface area contributed by atoms with E-state index in [1.807, 2.05) is 48.5 Å². The third-order valence-electron chi connectivity index (χ3n) is 5.32. The highest BCUT2D eigenvalue weighted by Crippen LogP contribution is 2.21. The van der Waals surface area contributed by atoms with Gasteiger partial charge >= 0.3 is 0 Å². The summed E-state index contributed by atoms with van der Waals surface area (Å²) >= 11 is 0. The maximum atomic E-state index is 11.6. The Morgan fingerprint density at radius 3 is 1.22 bits per heavy atom. The Labute approximate surface area is 209 Å². The Morgan fingerprint density at radius 2 is 0.861 bits per heavy atom. The maximum absolute atomic E-state index is 11.6. The fourth-order valence-corrected chi connectivity index (χ4v) is 3.42. The van der Waals surface area contributed by atoms with E-state index in [1.165, 1.54) is 0 Å². The van der Waals surface area contributed by atoms with Gasteiger partial charge in [0.2, 0.25) is 0 Å². The van der Waals surface area contributed by atoms with Crippen LogP contribution < -0.4 is 22.5 Å². The number of carbonyl (C=O) groups excluding carboxylic acids is 2. The third kappa shape index (κ3) is 6.05. The van der Waals surface area contributed by atoms with Gasteiger partial charge in [-0.15, -0.1) is 0 Å². The largest absolute Gasteiger partial charge is 0.290 e. The van der Waals surface area contributed by atoms with Crippen molar-refractivity contribution >= 4 is 11.8 Å². The zero-order valence-corrected chi connectivity index (χ0v) is 19.2. The quantitative estimate of drug-likeness (QED) is 0.159.